The SMILES string of the molecule is CC1(c2ccc(Cl)cc2)CC(O)CN1.Cl. The van der Waals surface area contributed by atoms with Crippen LogP contribution in [0.4, 0.5) is 0 Å². The summed E-state index contributed by atoms with van der Waals surface area (Å²) >= 11 is 5.82. The van der Waals surface area contributed by atoms with Crippen molar-refractivity contribution < 1.29 is 5.11 Å². The fraction of sp³-hybridized carbons (Fsp3) is 0.455. The van der Waals surface area contributed by atoms with Crippen molar-refractivity contribution in [3.05, 3.63) is 34.9 Å². The van der Waals surface area contributed by atoms with Crippen molar-refractivity contribution in [2.45, 2.75) is 25.0 Å². The second-order valence-corrected chi connectivity index (χ2v) is 4.51. The summed E-state index contributed by atoms with van der Waals surface area (Å²) in [6.45, 7) is 2.77. The van der Waals surface area contributed by atoms with Gasteiger partial charge in [0.15, 0.2) is 0 Å². The zero-order valence-electron chi connectivity index (χ0n) is 8.53. The average molecular weight is 248 g/mol. The van der Waals surface area contributed by atoms with Gasteiger partial charge in [-0.3, -0.25) is 0 Å². The van der Waals surface area contributed by atoms with E-state index in [2.05, 4.69) is 12.2 Å². The molecule has 0 saturated carbocycles. The summed E-state index contributed by atoms with van der Waals surface area (Å²) in [6.07, 6.45) is 0.518. The van der Waals surface area contributed by atoms with Crippen molar-refractivity contribution in [1.29, 1.82) is 0 Å². The van der Waals surface area contributed by atoms with E-state index in [0.29, 0.717) is 6.54 Å². The molecule has 15 heavy (non-hydrogen) atoms. The number of benzene rings is 1. The maximum atomic E-state index is 9.49. The molecule has 2 unspecified atom stereocenters. The van der Waals surface area contributed by atoms with Gasteiger partial charge in [-0.2, -0.15) is 0 Å². The molecule has 0 bridgehead atoms. The summed E-state index contributed by atoms with van der Waals surface area (Å²) in [5, 5.41) is 13.6. The number of aliphatic hydroxyl groups is 1. The molecule has 0 amide bonds. The molecule has 0 radical (unpaired) electrons. The smallest absolute Gasteiger partial charge is 0.0685 e. The molecular weight excluding hydrogens is 233 g/mol. The quantitative estimate of drug-likeness (QED) is 0.799. The summed E-state index contributed by atoms with van der Waals surface area (Å²) in [5.41, 5.74) is 1.07. The molecule has 1 saturated heterocycles. The van der Waals surface area contributed by atoms with Crippen LogP contribution in [0.5, 0.6) is 0 Å². The van der Waals surface area contributed by atoms with E-state index in [1.165, 1.54) is 5.56 Å². The van der Waals surface area contributed by atoms with Crippen LogP contribution >= 0.6 is 24.0 Å². The molecule has 2 atom stereocenters. The maximum Gasteiger partial charge on any atom is 0.0685 e. The standard InChI is InChI=1S/C11H14ClNO.ClH/c1-11(6-10(14)7-13-11)8-2-4-9(12)5-3-8;/h2-5,10,13-14H,6-7H2,1H3;1H. The Hall–Kier alpha value is -0.280. The molecule has 2 rings (SSSR count). The highest BCUT2D eigenvalue weighted by Gasteiger charge is 2.34. The monoisotopic (exact) mass is 247 g/mol. The van der Waals surface area contributed by atoms with Crippen molar-refractivity contribution in [2.24, 2.45) is 0 Å². The summed E-state index contributed by atoms with van der Waals surface area (Å²) in [4.78, 5) is 0. The van der Waals surface area contributed by atoms with Gasteiger partial charge in [0.2, 0.25) is 0 Å². The number of nitrogens with one attached hydrogen (secondary N) is 1. The van der Waals surface area contributed by atoms with Gasteiger partial charge in [-0.25, -0.2) is 0 Å². The third-order valence-corrected chi connectivity index (χ3v) is 3.11. The van der Waals surface area contributed by atoms with Gasteiger partial charge in [0.25, 0.3) is 0 Å². The second kappa shape index (κ2) is 4.71. The Bertz CT molecular complexity index is 328. The fourth-order valence-electron chi connectivity index (χ4n) is 2.00. The molecule has 84 valence electrons. The van der Waals surface area contributed by atoms with Crippen LogP contribution in [0.3, 0.4) is 0 Å². The molecule has 1 heterocycles. The van der Waals surface area contributed by atoms with Crippen LogP contribution in [0, 0.1) is 0 Å². The van der Waals surface area contributed by atoms with Crippen LogP contribution in [0.15, 0.2) is 24.3 Å². The minimum absolute atomic E-state index is 0. The number of rotatable bonds is 1. The lowest BCUT2D eigenvalue weighted by Gasteiger charge is -2.24. The van der Waals surface area contributed by atoms with Crippen LogP contribution in [0.1, 0.15) is 18.9 Å². The van der Waals surface area contributed by atoms with Crippen LogP contribution < -0.4 is 5.32 Å². The van der Waals surface area contributed by atoms with Crippen molar-refractivity contribution >= 4 is 24.0 Å². The average Bonchev–Trinajstić information content (AvgIpc) is 2.48. The van der Waals surface area contributed by atoms with E-state index in [1.807, 2.05) is 24.3 Å². The molecular formula is C11H15Cl2NO. The van der Waals surface area contributed by atoms with Crippen LogP contribution in [-0.2, 0) is 5.54 Å². The zero-order chi connectivity index (χ0) is 10.2. The largest absolute Gasteiger partial charge is 0.392 e. The Kier molecular flexibility index (Phi) is 4.01. The normalized spacial score (nSPS) is 29.9. The molecule has 0 spiro atoms. The van der Waals surface area contributed by atoms with Crippen molar-refractivity contribution in [3.63, 3.8) is 0 Å². The minimum Gasteiger partial charge on any atom is -0.392 e. The Labute approximate surface area is 101 Å². The first-order chi connectivity index (χ1) is 6.60. The van der Waals surface area contributed by atoms with Crippen LogP contribution in [0.2, 0.25) is 5.02 Å². The van der Waals surface area contributed by atoms with E-state index in [9.17, 15) is 5.11 Å². The van der Waals surface area contributed by atoms with E-state index >= 15 is 0 Å². The van der Waals surface area contributed by atoms with Gasteiger partial charge in [-0.1, -0.05) is 23.7 Å². The zero-order valence-corrected chi connectivity index (χ0v) is 10.1. The van der Waals surface area contributed by atoms with Gasteiger partial charge in [-0.15, -0.1) is 12.4 Å². The van der Waals surface area contributed by atoms with Gasteiger partial charge >= 0.3 is 0 Å². The Balaban J connectivity index is 0.00000112. The molecule has 1 fully saturated rings. The molecule has 1 aromatic carbocycles. The summed E-state index contributed by atoms with van der Waals surface area (Å²) < 4.78 is 0. The molecule has 0 aliphatic carbocycles. The molecule has 0 aromatic heterocycles. The molecule has 4 heteroatoms. The summed E-state index contributed by atoms with van der Waals surface area (Å²) in [6, 6.07) is 7.78. The number of β-amino-alcohol motifs (C(OH)–C–C–N with tert-alkyl or cyclic N) is 1. The summed E-state index contributed by atoms with van der Waals surface area (Å²) in [5.74, 6) is 0. The van der Waals surface area contributed by atoms with Gasteiger partial charge in [0.1, 0.15) is 0 Å². The number of halogens is 2. The van der Waals surface area contributed by atoms with E-state index in [1.54, 1.807) is 0 Å². The Morgan fingerprint density at radius 2 is 2.00 bits per heavy atom. The highest BCUT2D eigenvalue weighted by molar-refractivity contribution is 6.30. The van der Waals surface area contributed by atoms with Gasteiger partial charge in [0.05, 0.1) is 6.10 Å². The Morgan fingerprint density at radius 1 is 1.40 bits per heavy atom. The lowest BCUT2D eigenvalue weighted by molar-refractivity contribution is 0.186. The molecule has 1 aliphatic heterocycles. The topological polar surface area (TPSA) is 32.3 Å². The van der Waals surface area contributed by atoms with E-state index < -0.39 is 0 Å². The molecule has 2 nitrogen and oxygen atoms in total. The lowest BCUT2D eigenvalue weighted by Crippen LogP contribution is -2.32. The van der Waals surface area contributed by atoms with E-state index in [-0.39, 0.29) is 24.0 Å². The third kappa shape index (κ3) is 2.64. The van der Waals surface area contributed by atoms with Crippen LogP contribution in [0.25, 0.3) is 0 Å². The van der Waals surface area contributed by atoms with Gasteiger partial charge < -0.3 is 10.4 Å². The Morgan fingerprint density at radius 3 is 2.47 bits per heavy atom. The van der Waals surface area contributed by atoms with Crippen molar-refractivity contribution in [2.75, 3.05) is 6.54 Å². The highest BCUT2D eigenvalue weighted by atomic mass is 35.5. The van der Waals surface area contributed by atoms with Crippen molar-refractivity contribution in [3.8, 4) is 0 Å². The van der Waals surface area contributed by atoms with Crippen molar-refractivity contribution in [1.82, 2.24) is 5.32 Å². The highest BCUT2D eigenvalue weighted by Crippen LogP contribution is 2.30. The van der Waals surface area contributed by atoms with Crippen LogP contribution in [-0.4, -0.2) is 17.8 Å². The fourth-order valence-corrected chi connectivity index (χ4v) is 2.12. The first-order valence-corrected chi connectivity index (χ1v) is 5.17. The van der Waals surface area contributed by atoms with Gasteiger partial charge in [0, 0.05) is 17.1 Å². The molecule has 1 aliphatic rings. The van der Waals surface area contributed by atoms with Gasteiger partial charge in [-0.05, 0) is 31.0 Å². The maximum absolute atomic E-state index is 9.49. The third-order valence-electron chi connectivity index (χ3n) is 2.85. The summed E-state index contributed by atoms with van der Waals surface area (Å²) in [7, 11) is 0. The second-order valence-electron chi connectivity index (χ2n) is 4.08. The number of hydrogen-bond acceptors (Lipinski definition) is 2. The molecule has 1 aromatic rings. The molecule has 2 N–H and O–H groups in total. The number of hydrogen-bond donors (Lipinski definition) is 2. The first kappa shape index (κ1) is 12.8. The lowest BCUT2D eigenvalue weighted by atomic mass is 9.90. The van der Waals surface area contributed by atoms with E-state index in [0.717, 1.165) is 11.4 Å². The minimum atomic E-state index is -0.240. The predicted octanol–water partition coefficient (Wildman–Crippen LogP) is 2.33. The first-order valence-electron chi connectivity index (χ1n) is 4.79. The number of aliphatic hydroxyl groups excluding tert-OH is 1. The predicted molar refractivity (Wildman–Crippen MR) is 64.7 cm³/mol. The van der Waals surface area contributed by atoms with E-state index in [4.69, 9.17) is 11.6 Å².